The molecule has 1 heterocycles. The zero-order valence-electron chi connectivity index (χ0n) is 30.6. The van der Waals surface area contributed by atoms with Crippen molar-refractivity contribution in [1.82, 2.24) is 15.5 Å². The fraction of sp³-hybridized carbons (Fsp3) is 0.579. The van der Waals surface area contributed by atoms with Crippen LogP contribution in [0.2, 0.25) is 0 Å². The van der Waals surface area contributed by atoms with Gasteiger partial charge in [0.05, 0.1) is 31.6 Å². The fourth-order valence-electron chi connectivity index (χ4n) is 5.79. The maximum absolute atomic E-state index is 12.9. The van der Waals surface area contributed by atoms with Crippen LogP contribution in [0.25, 0.3) is 0 Å². The van der Waals surface area contributed by atoms with Gasteiger partial charge < -0.3 is 31.3 Å². The number of carboxylic acids is 1. The molecule has 1 aromatic carbocycles. The monoisotopic (exact) mass is 758 g/mol. The molecule has 53 heavy (non-hydrogen) atoms. The van der Waals surface area contributed by atoms with E-state index in [9.17, 15) is 48.9 Å². The van der Waals surface area contributed by atoms with Crippen LogP contribution in [0.5, 0.6) is 0 Å². The number of nitrogens with zero attached hydrogens (tertiary/aromatic N) is 1. The molecule has 0 saturated heterocycles. The van der Waals surface area contributed by atoms with Crippen LogP contribution in [0.4, 0.5) is 5.69 Å². The second-order valence-electron chi connectivity index (χ2n) is 13.8. The van der Waals surface area contributed by atoms with Crippen LogP contribution < -0.4 is 16.0 Å². The Morgan fingerprint density at radius 2 is 1.42 bits per heavy atom. The van der Waals surface area contributed by atoms with Crippen molar-refractivity contribution in [3.05, 3.63) is 42.0 Å². The van der Waals surface area contributed by atoms with E-state index in [1.165, 1.54) is 22.6 Å². The van der Waals surface area contributed by atoms with Crippen molar-refractivity contribution in [2.45, 2.75) is 96.9 Å². The van der Waals surface area contributed by atoms with E-state index in [-0.39, 0.29) is 42.1 Å². The van der Waals surface area contributed by atoms with Crippen molar-refractivity contribution in [2.75, 3.05) is 31.6 Å². The number of carbonyl (C=O) groups excluding carboxylic acids is 6. The van der Waals surface area contributed by atoms with E-state index in [1.54, 1.807) is 0 Å². The number of rotatable bonds is 27. The van der Waals surface area contributed by atoms with Crippen LogP contribution in [0.1, 0.15) is 90.0 Å². The largest absolute Gasteiger partial charge is 0.481 e. The van der Waals surface area contributed by atoms with Crippen molar-refractivity contribution in [1.29, 1.82) is 0 Å². The van der Waals surface area contributed by atoms with Gasteiger partial charge in [0.1, 0.15) is 11.8 Å². The molecule has 15 heteroatoms. The number of Topliss-reactive ketones (excluding diaryl/α,β-unsaturated/α-hetero) is 3. The summed E-state index contributed by atoms with van der Waals surface area (Å²) in [5.41, 5.74) is 1.92. The van der Waals surface area contributed by atoms with Crippen LogP contribution in [0, 0.1) is 17.8 Å². The Morgan fingerprint density at radius 1 is 0.792 bits per heavy atom. The van der Waals surface area contributed by atoms with Gasteiger partial charge >= 0.3 is 5.97 Å². The number of carboxylic acid groups (broad SMARTS) is 1. The maximum atomic E-state index is 12.9. The fourth-order valence-corrected chi connectivity index (χ4v) is 5.98. The third kappa shape index (κ3) is 17.4. The minimum atomic E-state index is -1.42. The molecule has 0 radical (unpaired) electrons. The van der Waals surface area contributed by atoms with Crippen molar-refractivity contribution in [3.63, 3.8) is 0 Å². The Labute approximate surface area is 316 Å². The number of aliphatic hydroxyl groups is 2. The van der Waals surface area contributed by atoms with Crippen LogP contribution in [0.15, 0.2) is 36.4 Å². The first-order valence-corrected chi connectivity index (χ1v) is 18.6. The number of carbonyl (C=O) groups is 7. The van der Waals surface area contributed by atoms with Crippen LogP contribution in [-0.2, 0) is 40.0 Å². The average Bonchev–Trinajstić information content (AvgIpc) is 3.43. The van der Waals surface area contributed by atoms with Gasteiger partial charge in [-0.15, -0.1) is 0 Å². The molecule has 2 rings (SSSR count). The molecule has 292 valence electrons. The van der Waals surface area contributed by atoms with Crippen molar-refractivity contribution in [2.24, 2.45) is 17.8 Å². The zero-order chi connectivity index (χ0) is 39.3. The van der Waals surface area contributed by atoms with E-state index in [0.29, 0.717) is 63.8 Å². The molecule has 6 N–H and O–H groups in total. The lowest BCUT2D eigenvalue weighted by molar-refractivity contribution is -0.144. The van der Waals surface area contributed by atoms with Crippen molar-refractivity contribution < 1.29 is 48.9 Å². The summed E-state index contributed by atoms with van der Waals surface area (Å²) in [5, 5.41) is 37.6. The summed E-state index contributed by atoms with van der Waals surface area (Å²) < 4.78 is 0. The molecule has 1 aliphatic rings. The number of nitrogens with one attached hydrogen (secondary N) is 3. The molecular weight excluding hydrogens is 705 g/mol. The third-order valence-corrected chi connectivity index (χ3v) is 9.04. The molecule has 0 saturated carbocycles. The van der Waals surface area contributed by atoms with E-state index in [2.05, 4.69) is 29.8 Å². The van der Waals surface area contributed by atoms with Gasteiger partial charge in [0.25, 0.3) is 11.8 Å². The quantitative estimate of drug-likeness (QED) is 0.0433. The summed E-state index contributed by atoms with van der Waals surface area (Å²) in [6, 6.07) is 6.31. The third-order valence-electron chi connectivity index (χ3n) is 8.80. The number of benzene rings is 1. The van der Waals surface area contributed by atoms with E-state index in [0.717, 1.165) is 12.1 Å². The summed E-state index contributed by atoms with van der Waals surface area (Å²) in [6.45, 7) is 2.88. The molecule has 0 aromatic heterocycles. The number of aliphatic hydroxyl groups excluding tert-OH is 2. The van der Waals surface area contributed by atoms with Crippen molar-refractivity contribution >= 4 is 64.1 Å². The Morgan fingerprint density at radius 3 is 1.98 bits per heavy atom. The topological polar surface area (TPSA) is 220 Å². The summed E-state index contributed by atoms with van der Waals surface area (Å²) in [5.74, 6) is -5.48. The maximum Gasteiger partial charge on any atom is 0.306 e. The lowest BCUT2D eigenvalue weighted by Crippen LogP contribution is -2.48. The first kappa shape index (κ1) is 44.8. The predicted octanol–water partition coefficient (Wildman–Crippen LogP) is 2.88. The number of ketones is 3. The average molecular weight is 759 g/mol. The number of hydrogen-bond donors (Lipinski definition) is 6. The van der Waals surface area contributed by atoms with Gasteiger partial charge in [-0.3, -0.25) is 38.5 Å². The first-order valence-electron chi connectivity index (χ1n) is 18.2. The van der Waals surface area contributed by atoms with Crippen LogP contribution >= 0.6 is 12.2 Å². The van der Waals surface area contributed by atoms with Gasteiger partial charge in [-0.2, -0.15) is 0 Å². The molecule has 0 aliphatic carbocycles. The normalized spacial score (nSPS) is 14.2. The number of thiocarbonyl (C=S) groups is 1. The van der Waals surface area contributed by atoms with Gasteiger partial charge in [-0.05, 0) is 67.9 Å². The first-order chi connectivity index (χ1) is 25.2. The van der Waals surface area contributed by atoms with E-state index in [4.69, 9.17) is 12.2 Å². The van der Waals surface area contributed by atoms with Gasteiger partial charge in [-0.1, -0.05) is 45.2 Å². The molecule has 3 amide bonds. The number of amides is 3. The summed E-state index contributed by atoms with van der Waals surface area (Å²) >= 11 is 5.25. The Kier molecular flexibility index (Phi) is 20.4. The van der Waals surface area contributed by atoms with Crippen LogP contribution in [-0.4, -0.2) is 98.7 Å². The van der Waals surface area contributed by atoms with Gasteiger partial charge in [0.2, 0.25) is 5.91 Å². The predicted molar refractivity (Wildman–Crippen MR) is 202 cm³/mol. The number of hydrogen-bond acceptors (Lipinski definition) is 10. The Balaban J connectivity index is 1.68. The minimum absolute atomic E-state index is 0.0738. The molecule has 1 aliphatic heterocycles. The molecular formula is C38H54N4O10S. The second kappa shape index (κ2) is 24.1. The number of unbranched alkanes of at least 4 members (excludes halogenated alkanes) is 4. The Hall–Kier alpha value is -4.34. The van der Waals surface area contributed by atoms with E-state index < -0.39 is 61.0 Å². The molecule has 3 atom stereocenters. The van der Waals surface area contributed by atoms with Gasteiger partial charge in [-0.25, -0.2) is 0 Å². The smallest absolute Gasteiger partial charge is 0.306 e. The highest BCUT2D eigenvalue weighted by atomic mass is 32.1. The number of imide groups is 1. The minimum Gasteiger partial charge on any atom is -0.481 e. The van der Waals surface area contributed by atoms with Crippen molar-refractivity contribution in [3.8, 4) is 0 Å². The summed E-state index contributed by atoms with van der Waals surface area (Å²) in [6.07, 6.45) is 7.02. The molecule has 3 unspecified atom stereocenters. The summed E-state index contributed by atoms with van der Waals surface area (Å²) in [4.78, 5) is 86.7. The van der Waals surface area contributed by atoms with E-state index >= 15 is 0 Å². The molecule has 1 aromatic rings. The molecule has 0 fully saturated rings. The zero-order valence-corrected chi connectivity index (χ0v) is 31.5. The lowest BCUT2D eigenvalue weighted by atomic mass is 9.92. The lowest BCUT2D eigenvalue weighted by Gasteiger charge is -2.21. The van der Waals surface area contributed by atoms with Gasteiger partial charge in [0.15, 0.2) is 16.7 Å². The highest BCUT2D eigenvalue weighted by Crippen LogP contribution is 2.18. The second-order valence-corrected chi connectivity index (χ2v) is 14.2. The summed E-state index contributed by atoms with van der Waals surface area (Å²) in [7, 11) is 0. The molecule has 14 nitrogen and oxygen atoms in total. The van der Waals surface area contributed by atoms with Gasteiger partial charge in [0, 0.05) is 50.1 Å². The SMILES string of the molecule is CC(C)Cc1ccc(NC(=S)NCC(=O)CC(CO)C(=O)NC(CO)C(=O)CC(CCCCCC(=O)CCCCCN2C(=O)C=CC2=O)C(=O)O)cc1. The molecule has 0 spiro atoms. The van der Waals surface area contributed by atoms with Crippen LogP contribution in [0.3, 0.4) is 0 Å². The highest BCUT2D eigenvalue weighted by molar-refractivity contribution is 7.80. The number of anilines is 1. The highest BCUT2D eigenvalue weighted by Gasteiger charge is 2.30. The Bertz CT molecular complexity index is 1440. The standard InChI is InChI=1S/C38H54N4O10S/c1-25(2)19-26-12-14-29(15-13-26)40-38(53)39-22-31(46)20-28(23-43)36(50)41-32(24-44)33(47)21-27(37(51)52)9-5-3-6-10-30(45)11-7-4-8-18-42-34(48)16-17-35(42)49/h12-17,25,27-28,32,43-44H,3-11,18-24H2,1-2H3,(H,41,50)(H,51,52)(H2,39,40,53). The van der Waals surface area contributed by atoms with E-state index in [1.807, 2.05) is 24.3 Å². The number of aliphatic carboxylic acids is 1. The molecule has 0 bridgehead atoms.